The average molecular weight is 334 g/mol. The van der Waals surface area contributed by atoms with E-state index in [0.29, 0.717) is 18.7 Å². The number of nitrogens with one attached hydrogen (secondary N) is 1. The molecule has 25 heavy (non-hydrogen) atoms. The highest BCUT2D eigenvalue weighted by Gasteiger charge is 2.07. The molecule has 0 fully saturated rings. The molecule has 0 aliphatic rings. The van der Waals surface area contributed by atoms with Gasteiger partial charge in [-0.15, -0.1) is 0 Å². The van der Waals surface area contributed by atoms with E-state index in [0.717, 1.165) is 16.8 Å². The van der Waals surface area contributed by atoms with Crippen LogP contribution in [0.4, 0.5) is 5.69 Å². The van der Waals surface area contributed by atoms with Crippen molar-refractivity contribution >= 4 is 11.6 Å². The van der Waals surface area contributed by atoms with E-state index in [4.69, 9.17) is 0 Å². The number of carbonyl (C=O) groups is 1. The van der Waals surface area contributed by atoms with Crippen LogP contribution in [0, 0.1) is 0 Å². The van der Waals surface area contributed by atoms with E-state index in [2.05, 4.69) is 22.5 Å². The second-order valence-electron chi connectivity index (χ2n) is 6.06. The number of aromatic nitrogens is 2. The third-order valence-corrected chi connectivity index (χ3v) is 3.99. The van der Waals surface area contributed by atoms with Crippen LogP contribution in [0.5, 0.6) is 0 Å². The molecule has 0 bridgehead atoms. The van der Waals surface area contributed by atoms with Gasteiger partial charge in [-0.1, -0.05) is 36.4 Å². The van der Waals surface area contributed by atoms with Crippen LogP contribution < -0.4 is 10.2 Å². The van der Waals surface area contributed by atoms with Gasteiger partial charge in [0.25, 0.3) is 5.91 Å². The topological polar surface area (TPSA) is 50.2 Å². The molecular weight excluding hydrogens is 312 g/mol. The van der Waals surface area contributed by atoms with E-state index >= 15 is 0 Å². The minimum Gasteiger partial charge on any atom is -0.378 e. The Kier molecular flexibility index (Phi) is 5.14. The second kappa shape index (κ2) is 7.66. The first kappa shape index (κ1) is 16.8. The maximum atomic E-state index is 12.3. The summed E-state index contributed by atoms with van der Waals surface area (Å²) >= 11 is 0. The molecule has 1 amide bonds. The van der Waals surface area contributed by atoms with Crippen LogP contribution in [0.25, 0.3) is 11.1 Å². The lowest BCUT2D eigenvalue weighted by Gasteiger charge is -2.13. The molecule has 0 radical (unpaired) electrons. The number of amides is 1. The third kappa shape index (κ3) is 4.26. The van der Waals surface area contributed by atoms with Crippen molar-refractivity contribution in [3.8, 4) is 11.1 Å². The molecule has 0 saturated carbocycles. The van der Waals surface area contributed by atoms with Crippen LogP contribution in [0.1, 0.15) is 10.4 Å². The quantitative estimate of drug-likeness (QED) is 0.754. The molecule has 1 N–H and O–H groups in total. The molecule has 1 aromatic heterocycles. The minimum atomic E-state index is -0.0702. The molecule has 3 aromatic rings. The maximum absolute atomic E-state index is 12.3. The minimum absolute atomic E-state index is 0.0702. The summed E-state index contributed by atoms with van der Waals surface area (Å²) in [5, 5.41) is 7.30. The summed E-state index contributed by atoms with van der Waals surface area (Å²) in [7, 11) is 3.91. The normalized spacial score (nSPS) is 10.5. The number of hydrogen-bond acceptors (Lipinski definition) is 3. The van der Waals surface area contributed by atoms with Crippen molar-refractivity contribution in [3.63, 3.8) is 0 Å². The Labute approximate surface area is 147 Å². The maximum Gasteiger partial charge on any atom is 0.251 e. The van der Waals surface area contributed by atoms with Crippen molar-refractivity contribution in [2.75, 3.05) is 25.5 Å². The van der Waals surface area contributed by atoms with Crippen LogP contribution in [0.2, 0.25) is 0 Å². The summed E-state index contributed by atoms with van der Waals surface area (Å²) in [6.07, 6.45) is 3.84. The highest BCUT2D eigenvalue weighted by molar-refractivity contribution is 5.95. The van der Waals surface area contributed by atoms with E-state index in [9.17, 15) is 4.79 Å². The highest BCUT2D eigenvalue weighted by atomic mass is 16.1. The first-order valence-corrected chi connectivity index (χ1v) is 8.27. The van der Waals surface area contributed by atoms with Crippen LogP contribution in [-0.4, -0.2) is 36.3 Å². The van der Waals surface area contributed by atoms with Gasteiger partial charge in [0.15, 0.2) is 0 Å². The number of hydrogen-bond donors (Lipinski definition) is 1. The van der Waals surface area contributed by atoms with Gasteiger partial charge in [-0.05, 0) is 23.8 Å². The molecule has 1 heterocycles. The van der Waals surface area contributed by atoms with Crippen LogP contribution in [0.15, 0.2) is 67.0 Å². The number of nitrogens with zero attached hydrogens (tertiary/aromatic N) is 3. The molecule has 5 nitrogen and oxygen atoms in total. The predicted molar refractivity (Wildman–Crippen MR) is 101 cm³/mol. The van der Waals surface area contributed by atoms with Crippen LogP contribution in [-0.2, 0) is 6.54 Å². The Bertz CT molecular complexity index is 840. The SMILES string of the molecule is CN(C)c1cccc(C(=O)NCCn2cc(-c3ccccc3)cn2)c1. The van der Waals surface area contributed by atoms with Gasteiger partial charge in [0.2, 0.25) is 0 Å². The molecule has 128 valence electrons. The van der Waals surface area contributed by atoms with Crippen LogP contribution in [0.3, 0.4) is 0 Å². The molecule has 0 spiro atoms. The molecule has 2 aromatic carbocycles. The van der Waals surface area contributed by atoms with Gasteiger partial charge in [-0.2, -0.15) is 5.10 Å². The van der Waals surface area contributed by atoms with E-state index in [1.54, 1.807) is 0 Å². The van der Waals surface area contributed by atoms with Crippen molar-refractivity contribution < 1.29 is 4.79 Å². The van der Waals surface area contributed by atoms with Crippen molar-refractivity contribution in [1.29, 1.82) is 0 Å². The Hall–Kier alpha value is -3.08. The number of benzene rings is 2. The fourth-order valence-corrected chi connectivity index (χ4v) is 2.58. The summed E-state index contributed by atoms with van der Waals surface area (Å²) in [6.45, 7) is 1.16. The van der Waals surface area contributed by atoms with Gasteiger partial charge >= 0.3 is 0 Å². The number of anilines is 1. The Morgan fingerprint density at radius 2 is 1.88 bits per heavy atom. The Balaban J connectivity index is 1.55. The first-order chi connectivity index (χ1) is 12.1. The lowest BCUT2D eigenvalue weighted by atomic mass is 10.1. The van der Waals surface area contributed by atoms with Gasteiger partial charge in [0.1, 0.15) is 0 Å². The Morgan fingerprint density at radius 1 is 1.08 bits per heavy atom. The van der Waals surface area contributed by atoms with Crippen molar-refractivity contribution in [2.45, 2.75) is 6.54 Å². The third-order valence-electron chi connectivity index (χ3n) is 3.99. The monoisotopic (exact) mass is 334 g/mol. The lowest BCUT2D eigenvalue weighted by Crippen LogP contribution is -2.27. The standard InChI is InChI=1S/C20H22N4O/c1-23(2)19-10-6-9-17(13-19)20(25)21-11-12-24-15-18(14-22-24)16-7-4-3-5-8-16/h3-10,13-15H,11-12H2,1-2H3,(H,21,25). The van der Waals surface area contributed by atoms with Crippen LogP contribution >= 0.6 is 0 Å². The zero-order valence-corrected chi connectivity index (χ0v) is 14.5. The summed E-state index contributed by atoms with van der Waals surface area (Å²) in [6, 6.07) is 17.7. The van der Waals surface area contributed by atoms with Crippen molar-refractivity contribution in [1.82, 2.24) is 15.1 Å². The zero-order valence-electron chi connectivity index (χ0n) is 14.5. The highest BCUT2D eigenvalue weighted by Crippen LogP contribution is 2.17. The van der Waals surface area contributed by atoms with Gasteiger partial charge in [0, 0.05) is 43.7 Å². The van der Waals surface area contributed by atoms with E-state index in [1.807, 2.05) is 78.5 Å². The van der Waals surface area contributed by atoms with Gasteiger partial charge in [0.05, 0.1) is 12.7 Å². The molecule has 5 heteroatoms. The molecule has 0 unspecified atom stereocenters. The van der Waals surface area contributed by atoms with Gasteiger partial charge in [-0.3, -0.25) is 9.48 Å². The van der Waals surface area contributed by atoms with Gasteiger partial charge < -0.3 is 10.2 Å². The molecular formula is C20H22N4O. The molecule has 0 aliphatic carbocycles. The number of carbonyl (C=O) groups excluding carboxylic acids is 1. The molecule has 0 atom stereocenters. The summed E-state index contributed by atoms with van der Waals surface area (Å²) in [4.78, 5) is 14.3. The second-order valence-corrected chi connectivity index (χ2v) is 6.06. The fourth-order valence-electron chi connectivity index (χ4n) is 2.58. The van der Waals surface area contributed by atoms with E-state index in [1.165, 1.54) is 0 Å². The largest absolute Gasteiger partial charge is 0.378 e. The van der Waals surface area contributed by atoms with Crippen molar-refractivity contribution in [2.24, 2.45) is 0 Å². The summed E-state index contributed by atoms with van der Waals surface area (Å²) < 4.78 is 1.85. The first-order valence-electron chi connectivity index (χ1n) is 8.27. The zero-order chi connectivity index (χ0) is 17.6. The molecule has 3 rings (SSSR count). The molecule has 0 saturated heterocycles. The predicted octanol–water partition coefficient (Wildman–Crippen LogP) is 3.05. The Morgan fingerprint density at radius 3 is 2.64 bits per heavy atom. The summed E-state index contributed by atoms with van der Waals surface area (Å²) in [5.74, 6) is -0.0702. The lowest BCUT2D eigenvalue weighted by molar-refractivity contribution is 0.0952. The molecule has 0 aliphatic heterocycles. The smallest absolute Gasteiger partial charge is 0.251 e. The number of rotatable bonds is 6. The van der Waals surface area contributed by atoms with E-state index < -0.39 is 0 Å². The fraction of sp³-hybridized carbons (Fsp3) is 0.200. The average Bonchev–Trinajstić information content (AvgIpc) is 3.11. The van der Waals surface area contributed by atoms with Gasteiger partial charge in [-0.25, -0.2) is 0 Å². The van der Waals surface area contributed by atoms with Crippen molar-refractivity contribution in [3.05, 3.63) is 72.6 Å². The van der Waals surface area contributed by atoms with E-state index in [-0.39, 0.29) is 5.91 Å². The summed E-state index contributed by atoms with van der Waals surface area (Å²) in [5.41, 5.74) is 3.88.